The highest BCUT2D eigenvalue weighted by atomic mass is 16.6. The molecule has 7 rings (SSSR count). The van der Waals surface area contributed by atoms with Crippen LogP contribution in [0.4, 0.5) is 22.7 Å². The van der Waals surface area contributed by atoms with E-state index >= 15 is 0 Å². The average Bonchev–Trinajstić information content (AvgIpc) is 3.35. The van der Waals surface area contributed by atoms with Crippen LogP contribution >= 0.6 is 0 Å². The zero-order chi connectivity index (χ0) is 30.3. The average molecular weight is 583 g/mol. The summed E-state index contributed by atoms with van der Waals surface area (Å²) in [5.74, 6) is 1.80. The van der Waals surface area contributed by atoms with Crippen LogP contribution < -0.4 is 19.7 Å². The third-order valence-electron chi connectivity index (χ3n) is 8.53. The standard InChI is InChI=1S/C38H34N2O4/c1-4-5-21-40(27-15-18-29(42-3)19-16-27)28-17-20-32-36(23-28)43-35-22-25(2)34(39-26-11-7-6-8-12-26)24-33(35)38(32)31-14-10-9-13-30(31)37(41)44-38/h6-20,22-24,39H,4-5,21H2,1-3H3. The minimum atomic E-state index is -1.15. The molecule has 1 spiro atoms. The minimum Gasteiger partial charge on any atom is -0.497 e. The molecule has 0 fully saturated rings. The van der Waals surface area contributed by atoms with Crippen molar-refractivity contribution in [2.24, 2.45) is 0 Å². The van der Waals surface area contributed by atoms with Crippen LogP contribution in [0.25, 0.3) is 0 Å². The number of hydrogen-bond acceptors (Lipinski definition) is 6. The van der Waals surface area contributed by atoms with Gasteiger partial charge in [0.05, 0.1) is 12.7 Å². The van der Waals surface area contributed by atoms with Crippen molar-refractivity contribution < 1.29 is 19.0 Å². The Kier molecular flexibility index (Phi) is 6.97. The third kappa shape index (κ3) is 4.54. The molecule has 0 aromatic heterocycles. The van der Waals surface area contributed by atoms with E-state index in [2.05, 4.69) is 60.5 Å². The first-order valence-electron chi connectivity index (χ1n) is 15.1. The number of carbonyl (C=O) groups excluding carboxylic acids is 1. The molecule has 220 valence electrons. The molecule has 0 bridgehead atoms. The maximum absolute atomic E-state index is 13.4. The van der Waals surface area contributed by atoms with E-state index in [0.29, 0.717) is 17.1 Å². The Hall–Kier alpha value is -5.23. The van der Waals surface area contributed by atoms with Crippen molar-refractivity contribution in [2.45, 2.75) is 32.3 Å². The van der Waals surface area contributed by atoms with Crippen molar-refractivity contribution in [2.75, 3.05) is 23.9 Å². The maximum atomic E-state index is 13.4. The zero-order valence-electron chi connectivity index (χ0n) is 25.1. The van der Waals surface area contributed by atoms with Gasteiger partial charge in [0, 0.05) is 52.1 Å². The molecule has 0 radical (unpaired) electrons. The Balaban J connectivity index is 1.39. The van der Waals surface area contributed by atoms with Gasteiger partial charge < -0.3 is 24.4 Å². The van der Waals surface area contributed by atoms with E-state index in [9.17, 15) is 4.79 Å². The van der Waals surface area contributed by atoms with Gasteiger partial charge in [0.15, 0.2) is 5.60 Å². The summed E-state index contributed by atoms with van der Waals surface area (Å²) >= 11 is 0. The largest absolute Gasteiger partial charge is 0.497 e. The fourth-order valence-electron chi connectivity index (χ4n) is 6.27. The van der Waals surface area contributed by atoms with Gasteiger partial charge >= 0.3 is 5.97 Å². The van der Waals surface area contributed by atoms with Gasteiger partial charge in [-0.3, -0.25) is 0 Å². The zero-order valence-corrected chi connectivity index (χ0v) is 25.1. The highest BCUT2D eigenvalue weighted by Gasteiger charge is 2.53. The molecule has 44 heavy (non-hydrogen) atoms. The molecular weight excluding hydrogens is 548 g/mol. The number of unbranched alkanes of at least 4 members (excludes halogenated alkanes) is 1. The van der Waals surface area contributed by atoms with Gasteiger partial charge in [0.25, 0.3) is 0 Å². The lowest BCUT2D eigenvalue weighted by molar-refractivity contribution is 0.0224. The Morgan fingerprint density at radius 2 is 1.52 bits per heavy atom. The molecule has 0 saturated heterocycles. The lowest BCUT2D eigenvalue weighted by atomic mass is 9.77. The Bertz CT molecular complexity index is 1850. The number of nitrogens with one attached hydrogen (secondary N) is 1. The number of methoxy groups -OCH3 is 1. The summed E-state index contributed by atoms with van der Waals surface area (Å²) in [6.07, 6.45) is 2.09. The first-order valence-corrected chi connectivity index (χ1v) is 15.1. The normalized spacial score (nSPS) is 15.9. The number of ether oxygens (including phenoxy) is 3. The van der Waals surface area contributed by atoms with Crippen LogP contribution in [0.2, 0.25) is 0 Å². The SMILES string of the molecule is CCCCN(c1ccc(OC)cc1)c1ccc2c(c1)Oc1cc(C)c(Nc3ccccc3)cc1C21OC(=O)c2ccccc21. The van der Waals surface area contributed by atoms with Crippen molar-refractivity contribution in [3.8, 4) is 17.2 Å². The highest BCUT2D eigenvalue weighted by Crippen LogP contribution is 2.57. The lowest BCUT2D eigenvalue weighted by Gasteiger charge is -2.38. The molecule has 1 unspecified atom stereocenters. The summed E-state index contributed by atoms with van der Waals surface area (Å²) in [4.78, 5) is 15.7. The summed E-state index contributed by atoms with van der Waals surface area (Å²) in [6.45, 7) is 5.09. The quantitative estimate of drug-likeness (QED) is 0.184. The van der Waals surface area contributed by atoms with Gasteiger partial charge in [-0.25, -0.2) is 4.79 Å². The number of para-hydroxylation sites is 1. The van der Waals surface area contributed by atoms with Crippen LogP contribution in [0, 0.1) is 6.92 Å². The summed E-state index contributed by atoms with van der Waals surface area (Å²) in [6, 6.07) is 36.1. The van der Waals surface area contributed by atoms with Gasteiger partial charge in [0.1, 0.15) is 17.2 Å². The number of hydrogen-bond donors (Lipinski definition) is 1. The number of rotatable bonds is 8. The smallest absolute Gasteiger partial charge is 0.340 e. The first-order chi connectivity index (χ1) is 21.5. The molecule has 2 aliphatic heterocycles. The molecule has 5 aromatic carbocycles. The number of carbonyl (C=O) groups is 1. The van der Waals surface area contributed by atoms with Crippen LogP contribution in [0.3, 0.4) is 0 Å². The number of fused-ring (bicyclic) bond motifs is 6. The Morgan fingerprint density at radius 1 is 0.795 bits per heavy atom. The van der Waals surface area contributed by atoms with E-state index < -0.39 is 5.60 Å². The van der Waals surface area contributed by atoms with E-state index in [-0.39, 0.29) is 5.97 Å². The number of nitrogens with zero attached hydrogens (tertiary/aromatic N) is 1. The molecule has 6 nitrogen and oxygen atoms in total. The Morgan fingerprint density at radius 3 is 2.30 bits per heavy atom. The summed E-state index contributed by atoms with van der Waals surface area (Å²) in [5.41, 5.74) is 6.79. The maximum Gasteiger partial charge on any atom is 0.340 e. The number of benzene rings is 5. The van der Waals surface area contributed by atoms with E-state index in [1.807, 2.05) is 72.8 Å². The van der Waals surface area contributed by atoms with Crippen LogP contribution in [0.5, 0.6) is 17.2 Å². The fourth-order valence-corrected chi connectivity index (χ4v) is 6.27. The molecule has 0 saturated carbocycles. The van der Waals surface area contributed by atoms with Crippen molar-refractivity contribution in [1.29, 1.82) is 0 Å². The second-order valence-corrected chi connectivity index (χ2v) is 11.3. The molecule has 2 aliphatic rings. The van der Waals surface area contributed by atoms with Crippen molar-refractivity contribution in [1.82, 2.24) is 0 Å². The molecular formula is C38H34N2O4. The van der Waals surface area contributed by atoms with Crippen LogP contribution in [0.1, 0.15) is 52.4 Å². The third-order valence-corrected chi connectivity index (χ3v) is 8.53. The van der Waals surface area contributed by atoms with Crippen LogP contribution in [-0.2, 0) is 10.3 Å². The molecule has 1 atom stereocenters. The number of aryl methyl sites for hydroxylation is 1. The number of esters is 1. The Labute approximate surface area is 257 Å². The molecule has 1 N–H and O–H groups in total. The van der Waals surface area contributed by atoms with Gasteiger partial charge in [-0.1, -0.05) is 49.7 Å². The van der Waals surface area contributed by atoms with Crippen molar-refractivity contribution in [3.05, 3.63) is 137 Å². The van der Waals surface area contributed by atoms with Crippen LogP contribution in [-0.4, -0.2) is 19.6 Å². The fraction of sp³-hybridized carbons (Fsp3) is 0.184. The van der Waals surface area contributed by atoms with Crippen molar-refractivity contribution in [3.63, 3.8) is 0 Å². The van der Waals surface area contributed by atoms with Gasteiger partial charge in [-0.15, -0.1) is 0 Å². The second kappa shape index (κ2) is 11.1. The predicted octanol–water partition coefficient (Wildman–Crippen LogP) is 9.25. The first kappa shape index (κ1) is 27.6. The molecule has 0 amide bonds. The molecule has 6 heteroatoms. The van der Waals surface area contributed by atoms with E-state index in [1.165, 1.54) is 0 Å². The van der Waals surface area contributed by atoms with E-state index in [4.69, 9.17) is 14.2 Å². The van der Waals surface area contributed by atoms with E-state index in [1.54, 1.807) is 7.11 Å². The van der Waals surface area contributed by atoms with E-state index in [0.717, 1.165) is 70.1 Å². The van der Waals surface area contributed by atoms with Gasteiger partial charge in [-0.2, -0.15) is 0 Å². The summed E-state index contributed by atoms with van der Waals surface area (Å²) in [5, 5.41) is 3.55. The highest BCUT2D eigenvalue weighted by molar-refractivity contribution is 5.97. The topological polar surface area (TPSA) is 60.0 Å². The second-order valence-electron chi connectivity index (χ2n) is 11.3. The number of anilines is 4. The minimum absolute atomic E-state index is 0.343. The van der Waals surface area contributed by atoms with Crippen LogP contribution in [0.15, 0.2) is 109 Å². The van der Waals surface area contributed by atoms with Gasteiger partial charge in [-0.05, 0) is 85.6 Å². The molecule has 5 aromatic rings. The summed E-state index contributed by atoms with van der Waals surface area (Å²) in [7, 11) is 1.68. The van der Waals surface area contributed by atoms with Crippen molar-refractivity contribution >= 4 is 28.7 Å². The summed E-state index contributed by atoms with van der Waals surface area (Å²) < 4.78 is 18.6. The predicted molar refractivity (Wildman–Crippen MR) is 174 cm³/mol. The molecule has 0 aliphatic carbocycles. The lowest BCUT2D eigenvalue weighted by Crippen LogP contribution is -2.33. The molecule has 2 heterocycles. The van der Waals surface area contributed by atoms with Gasteiger partial charge in [0.2, 0.25) is 0 Å². The monoisotopic (exact) mass is 582 g/mol.